The van der Waals surface area contributed by atoms with Crippen molar-refractivity contribution in [1.82, 2.24) is 5.32 Å². The van der Waals surface area contributed by atoms with E-state index < -0.39 is 5.41 Å². The molecule has 0 aromatic heterocycles. The summed E-state index contributed by atoms with van der Waals surface area (Å²) >= 11 is 0. The normalized spacial score (nSPS) is 22.3. The fraction of sp³-hybridized carbons (Fsp3) is 0.818. The summed E-state index contributed by atoms with van der Waals surface area (Å²) in [5.41, 5.74) is 4.90. The van der Waals surface area contributed by atoms with Crippen molar-refractivity contribution >= 4 is 11.7 Å². The number of nitrogens with two attached hydrogens (primary N) is 1. The molecule has 1 unspecified atom stereocenters. The number of oxime groups is 1. The molecule has 1 aliphatic rings. The van der Waals surface area contributed by atoms with Gasteiger partial charge in [0.1, 0.15) is 5.41 Å². The maximum absolute atomic E-state index is 12.0. The quantitative estimate of drug-likeness (QED) is 0.284. The average molecular weight is 227 g/mol. The van der Waals surface area contributed by atoms with Crippen LogP contribution in [0.15, 0.2) is 5.16 Å². The van der Waals surface area contributed by atoms with E-state index in [2.05, 4.69) is 17.4 Å². The van der Waals surface area contributed by atoms with Gasteiger partial charge in [-0.3, -0.25) is 4.79 Å². The Labute approximate surface area is 96.1 Å². The van der Waals surface area contributed by atoms with Gasteiger partial charge in [-0.15, -0.1) is 0 Å². The van der Waals surface area contributed by atoms with Gasteiger partial charge in [0.25, 0.3) is 0 Å². The maximum Gasteiger partial charge on any atom is 0.233 e. The van der Waals surface area contributed by atoms with Crippen molar-refractivity contribution in [2.24, 2.45) is 21.7 Å². The zero-order valence-electron chi connectivity index (χ0n) is 10.2. The van der Waals surface area contributed by atoms with Crippen LogP contribution in [0.25, 0.3) is 0 Å². The Morgan fingerprint density at radius 3 is 2.56 bits per heavy atom. The molecule has 0 aromatic carbocycles. The van der Waals surface area contributed by atoms with Crippen LogP contribution in [0.5, 0.6) is 0 Å². The van der Waals surface area contributed by atoms with Gasteiger partial charge in [0.2, 0.25) is 5.91 Å². The predicted molar refractivity (Wildman–Crippen MR) is 62.2 cm³/mol. The lowest BCUT2D eigenvalue weighted by Crippen LogP contribution is -2.48. The van der Waals surface area contributed by atoms with Crippen LogP contribution >= 0.6 is 0 Å². The number of carbonyl (C=O) groups is 1. The van der Waals surface area contributed by atoms with E-state index >= 15 is 0 Å². The first-order chi connectivity index (χ1) is 7.38. The minimum absolute atomic E-state index is 0.0338. The van der Waals surface area contributed by atoms with Crippen molar-refractivity contribution in [2.45, 2.75) is 40.0 Å². The van der Waals surface area contributed by atoms with Crippen LogP contribution in [0.2, 0.25) is 0 Å². The minimum atomic E-state index is -0.917. The number of hydrogen-bond acceptors (Lipinski definition) is 3. The van der Waals surface area contributed by atoms with Gasteiger partial charge in [0.15, 0.2) is 5.84 Å². The second-order valence-corrected chi connectivity index (χ2v) is 5.16. The van der Waals surface area contributed by atoms with Gasteiger partial charge in [0, 0.05) is 6.54 Å². The lowest BCUT2D eigenvalue weighted by molar-refractivity contribution is -0.127. The monoisotopic (exact) mass is 227 g/mol. The van der Waals surface area contributed by atoms with E-state index in [1.807, 2.05) is 6.92 Å². The minimum Gasteiger partial charge on any atom is -0.409 e. The highest BCUT2D eigenvalue weighted by Gasteiger charge is 2.41. The van der Waals surface area contributed by atoms with Gasteiger partial charge >= 0.3 is 0 Å². The largest absolute Gasteiger partial charge is 0.409 e. The zero-order chi connectivity index (χ0) is 12.4. The molecule has 1 amide bonds. The molecule has 0 bridgehead atoms. The van der Waals surface area contributed by atoms with Gasteiger partial charge in [0.05, 0.1) is 0 Å². The summed E-state index contributed by atoms with van der Waals surface area (Å²) in [5.74, 6) is -0.202. The first kappa shape index (κ1) is 12.8. The Balaban J connectivity index is 2.61. The average Bonchev–Trinajstić information content (AvgIpc) is 3.02. The predicted octanol–water partition coefficient (Wildman–Crippen LogP) is 1.07. The number of amides is 1. The number of nitrogens with zero attached hydrogens (tertiary/aromatic N) is 1. The van der Waals surface area contributed by atoms with Crippen molar-refractivity contribution in [3.63, 3.8) is 0 Å². The molecule has 0 radical (unpaired) electrons. The number of nitrogens with one attached hydrogen (secondary N) is 1. The SMILES string of the molecule is CCC(C)(C(=O)NCC1(C)CC1)C(N)=NO. The van der Waals surface area contributed by atoms with Crippen LogP contribution in [0.3, 0.4) is 0 Å². The highest BCUT2D eigenvalue weighted by atomic mass is 16.4. The summed E-state index contributed by atoms with van der Waals surface area (Å²) in [5, 5.41) is 14.5. The fourth-order valence-corrected chi connectivity index (χ4v) is 1.45. The van der Waals surface area contributed by atoms with Crippen LogP contribution in [0.4, 0.5) is 0 Å². The molecule has 0 saturated heterocycles. The summed E-state index contributed by atoms with van der Waals surface area (Å²) in [4.78, 5) is 12.0. The molecule has 1 atom stereocenters. The molecule has 1 rings (SSSR count). The topological polar surface area (TPSA) is 87.7 Å². The van der Waals surface area contributed by atoms with Gasteiger partial charge in [-0.1, -0.05) is 19.0 Å². The van der Waals surface area contributed by atoms with Crippen LogP contribution < -0.4 is 11.1 Å². The third kappa shape index (κ3) is 2.46. The summed E-state index contributed by atoms with van der Waals surface area (Å²) in [7, 11) is 0. The zero-order valence-corrected chi connectivity index (χ0v) is 10.2. The van der Waals surface area contributed by atoms with Gasteiger partial charge in [-0.25, -0.2) is 0 Å². The number of carbonyl (C=O) groups excluding carboxylic acids is 1. The highest BCUT2D eigenvalue weighted by Crippen LogP contribution is 2.44. The van der Waals surface area contributed by atoms with Crippen LogP contribution in [0, 0.1) is 10.8 Å². The molecule has 16 heavy (non-hydrogen) atoms. The second kappa shape index (κ2) is 4.31. The number of rotatable bonds is 5. The highest BCUT2D eigenvalue weighted by molar-refractivity contribution is 6.06. The van der Waals surface area contributed by atoms with Gasteiger partial charge in [-0.05, 0) is 31.6 Å². The molecular formula is C11H21N3O2. The van der Waals surface area contributed by atoms with E-state index in [1.165, 1.54) is 0 Å². The third-order valence-corrected chi connectivity index (χ3v) is 3.66. The standard InChI is InChI=1S/C11H21N3O2/c1-4-11(3,8(12)14-16)9(15)13-7-10(2)5-6-10/h16H,4-7H2,1-3H3,(H2,12,14)(H,13,15). The number of amidine groups is 1. The van der Waals surface area contributed by atoms with Crippen molar-refractivity contribution in [1.29, 1.82) is 0 Å². The first-order valence-electron chi connectivity index (χ1n) is 5.64. The van der Waals surface area contributed by atoms with Crippen LogP contribution in [-0.2, 0) is 4.79 Å². The van der Waals surface area contributed by atoms with Crippen LogP contribution in [0.1, 0.15) is 40.0 Å². The van der Waals surface area contributed by atoms with E-state index in [0.29, 0.717) is 13.0 Å². The Morgan fingerprint density at radius 2 is 2.19 bits per heavy atom. The van der Waals surface area contributed by atoms with E-state index in [9.17, 15) is 4.79 Å². The Kier molecular flexibility index (Phi) is 3.45. The fourth-order valence-electron chi connectivity index (χ4n) is 1.45. The molecule has 0 aromatic rings. The summed E-state index contributed by atoms with van der Waals surface area (Å²) in [6.07, 6.45) is 2.81. The molecule has 5 heteroatoms. The second-order valence-electron chi connectivity index (χ2n) is 5.16. The smallest absolute Gasteiger partial charge is 0.233 e. The molecule has 1 saturated carbocycles. The Hall–Kier alpha value is -1.26. The molecule has 0 heterocycles. The molecule has 1 fully saturated rings. The van der Waals surface area contributed by atoms with Crippen molar-refractivity contribution in [2.75, 3.05) is 6.54 Å². The Morgan fingerprint density at radius 1 is 1.62 bits per heavy atom. The maximum atomic E-state index is 12.0. The van der Waals surface area contributed by atoms with Crippen molar-refractivity contribution < 1.29 is 10.0 Å². The molecule has 1 aliphatic carbocycles. The van der Waals surface area contributed by atoms with E-state index in [1.54, 1.807) is 6.92 Å². The van der Waals surface area contributed by atoms with Gasteiger partial charge < -0.3 is 16.3 Å². The Bertz CT molecular complexity index is 310. The number of hydrogen-bond donors (Lipinski definition) is 3. The summed E-state index contributed by atoms with van der Waals surface area (Å²) in [6, 6.07) is 0. The van der Waals surface area contributed by atoms with E-state index in [4.69, 9.17) is 10.9 Å². The molecule has 5 nitrogen and oxygen atoms in total. The lowest BCUT2D eigenvalue weighted by Gasteiger charge is -2.26. The van der Waals surface area contributed by atoms with E-state index in [0.717, 1.165) is 12.8 Å². The molecule has 4 N–H and O–H groups in total. The summed E-state index contributed by atoms with van der Waals surface area (Å²) < 4.78 is 0. The van der Waals surface area contributed by atoms with Crippen molar-refractivity contribution in [3.8, 4) is 0 Å². The lowest BCUT2D eigenvalue weighted by atomic mass is 9.85. The molecular weight excluding hydrogens is 206 g/mol. The molecule has 0 aliphatic heterocycles. The third-order valence-electron chi connectivity index (χ3n) is 3.66. The molecule has 92 valence electrons. The van der Waals surface area contributed by atoms with Crippen molar-refractivity contribution in [3.05, 3.63) is 0 Å². The van der Waals surface area contributed by atoms with Gasteiger partial charge in [-0.2, -0.15) is 0 Å². The van der Waals surface area contributed by atoms with Crippen LogP contribution in [-0.4, -0.2) is 23.5 Å². The molecule has 0 spiro atoms. The first-order valence-corrected chi connectivity index (χ1v) is 5.64. The van der Waals surface area contributed by atoms with E-state index in [-0.39, 0.29) is 17.2 Å². The summed E-state index contributed by atoms with van der Waals surface area (Å²) in [6.45, 7) is 6.34.